The van der Waals surface area contributed by atoms with Gasteiger partial charge in [0.25, 0.3) is 0 Å². The molecule has 2 heteroatoms. The first-order chi connectivity index (χ1) is 7.87. The van der Waals surface area contributed by atoms with E-state index in [1.54, 1.807) is 0 Å². The van der Waals surface area contributed by atoms with Gasteiger partial charge in [0.15, 0.2) is 0 Å². The van der Waals surface area contributed by atoms with Crippen LogP contribution in [-0.2, 0) is 0 Å². The molecule has 2 saturated carbocycles. The van der Waals surface area contributed by atoms with Gasteiger partial charge in [0, 0.05) is 5.41 Å². The van der Waals surface area contributed by atoms with Crippen LogP contribution in [0.15, 0.2) is 0 Å². The molecular weight excluding hydrogens is 212 g/mol. The Labute approximate surface area is 105 Å². The van der Waals surface area contributed by atoms with Crippen molar-refractivity contribution in [2.75, 3.05) is 13.2 Å². The number of aliphatic hydroxyl groups is 2. The zero-order valence-corrected chi connectivity index (χ0v) is 11.6. The molecule has 2 rings (SSSR count). The van der Waals surface area contributed by atoms with E-state index in [-0.39, 0.29) is 18.6 Å². The van der Waals surface area contributed by atoms with Crippen molar-refractivity contribution in [2.45, 2.75) is 59.3 Å². The van der Waals surface area contributed by atoms with Crippen LogP contribution >= 0.6 is 0 Å². The summed E-state index contributed by atoms with van der Waals surface area (Å²) in [5.74, 6) is 0.759. The van der Waals surface area contributed by atoms with Gasteiger partial charge < -0.3 is 10.2 Å². The Morgan fingerprint density at radius 3 is 2.24 bits per heavy atom. The van der Waals surface area contributed by atoms with Crippen molar-refractivity contribution in [1.82, 2.24) is 0 Å². The molecule has 0 heterocycles. The molecule has 17 heavy (non-hydrogen) atoms. The van der Waals surface area contributed by atoms with Gasteiger partial charge >= 0.3 is 0 Å². The maximum absolute atomic E-state index is 9.62. The molecule has 0 amide bonds. The molecule has 0 unspecified atom stereocenters. The number of fused-ring (bicyclic) bond motifs is 1. The molecule has 2 fully saturated rings. The lowest BCUT2D eigenvalue weighted by atomic mass is 9.47. The summed E-state index contributed by atoms with van der Waals surface area (Å²) in [5.41, 5.74) is 0.550. The minimum absolute atomic E-state index is 0.145. The third-order valence-corrected chi connectivity index (χ3v) is 5.77. The fourth-order valence-electron chi connectivity index (χ4n) is 4.91. The van der Waals surface area contributed by atoms with Crippen LogP contribution in [0.25, 0.3) is 0 Å². The van der Waals surface area contributed by atoms with E-state index in [0.717, 1.165) is 18.8 Å². The van der Waals surface area contributed by atoms with Crippen LogP contribution < -0.4 is 0 Å². The van der Waals surface area contributed by atoms with Gasteiger partial charge in [-0.2, -0.15) is 0 Å². The molecule has 2 N–H and O–H groups in total. The predicted molar refractivity (Wildman–Crippen MR) is 69.7 cm³/mol. The average molecular weight is 240 g/mol. The van der Waals surface area contributed by atoms with Crippen molar-refractivity contribution in [3.63, 3.8) is 0 Å². The van der Waals surface area contributed by atoms with Crippen molar-refractivity contribution in [3.8, 4) is 0 Å². The van der Waals surface area contributed by atoms with Gasteiger partial charge in [0.1, 0.15) is 0 Å². The van der Waals surface area contributed by atoms with Crippen molar-refractivity contribution in [2.24, 2.45) is 22.2 Å². The van der Waals surface area contributed by atoms with Gasteiger partial charge in [-0.3, -0.25) is 0 Å². The number of rotatable bonds is 2. The Bertz CT molecular complexity index is 281. The van der Waals surface area contributed by atoms with E-state index in [4.69, 9.17) is 0 Å². The summed E-state index contributed by atoms with van der Waals surface area (Å²) in [6.45, 7) is 7.48. The predicted octanol–water partition coefficient (Wildman–Crippen LogP) is 2.97. The molecule has 0 aliphatic heterocycles. The van der Waals surface area contributed by atoms with Crippen molar-refractivity contribution in [3.05, 3.63) is 0 Å². The van der Waals surface area contributed by atoms with E-state index in [1.165, 1.54) is 25.7 Å². The molecule has 0 spiro atoms. The molecule has 2 aliphatic rings. The third kappa shape index (κ3) is 2.15. The molecule has 100 valence electrons. The van der Waals surface area contributed by atoms with Crippen molar-refractivity contribution >= 4 is 0 Å². The minimum atomic E-state index is -0.210. The smallest absolute Gasteiger partial charge is 0.0509 e. The molecule has 0 saturated heterocycles. The summed E-state index contributed by atoms with van der Waals surface area (Å²) in [7, 11) is 0. The monoisotopic (exact) mass is 240 g/mol. The Kier molecular flexibility index (Phi) is 3.33. The first-order valence-corrected chi connectivity index (χ1v) is 7.09. The van der Waals surface area contributed by atoms with Gasteiger partial charge in [-0.15, -0.1) is 0 Å². The molecule has 0 aromatic carbocycles. The second kappa shape index (κ2) is 4.24. The zero-order chi connectivity index (χ0) is 12.7. The van der Waals surface area contributed by atoms with E-state index < -0.39 is 0 Å². The van der Waals surface area contributed by atoms with Gasteiger partial charge in [-0.1, -0.05) is 27.2 Å². The van der Waals surface area contributed by atoms with Crippen LogP contribution in [-0.4, -0.2) is 23.4 Å². The summed E-state index contributed by atoms with van der Waals surface area (Å²) < 4.78 is 0. The van der Waals surface area contributed by atoms with E-state index in [2.05, 4.69) is 20.8 Å². The van der Waals surface area contributed by atoms with Crippen LogP contribution in [0.2, 0.25) is 0 Å². The highest BCUT2D eigenvalue weighted by molar-refractivity contribution is 5.03. The maximum Gasteiger partial charge on any atom is 0.0509 e. The first-order valence-electron chi connectivity index (χ1n) is 7.09. The normalized spacial score (nSPS) is 39.7. The van der Waals surface area contributed by atoms with Crippen molar-refractivity contribution in [1.29, 1.82) is 0 Å². The lowest BCUT2D eigenvalue weighted by molar-refractivity contribution is -0.109. The highest BCUT2D eigenvalue weighted by Gasteiger charge is 2.53. The van der Waals surface area contributed by atoms with E-state index in [0.29, 0.717) is 10.8 Å². The Morgan fingerprint density at radius 2 is 1.65 bits per heavy atom. The molecule has 0 aromatic rings. The molecule has 0 aromatic heterocycles. The van der Waals surface area contributed by atoms with Crippen LogP contribution in [0, 0.1) is 22.2 Å². The lowest BCUT2D eigenvalue weighted by Crippen LogP contribution is -2.51. The molecule has 2 atom stereocenters. The number of hydrogen-bond donors (Lipinski definition) is 2. The van der Waals surface area contributed by atoms with Crippen LogP contribution in [0.5, 0.6) is 0 Å². The summed E-state index contributed by atoms with van der Waals surface area (Å²) >= 11 is 0. The largest absolute Gasteiger partial charge is 0.396 e. The average Bonchev–Trinajstić information content (AvgIpc) is 2.27. The summed E-state index contributed by atoms with van der Waals surface area (Å²) in [4.78, 5) is 0. The Balaban J connectivity index is 2.24. The highest BCUT2D eigenvalue weighted by Crippen LogP contribution is 2.61. The van der Waals surface area contributed by atoms with Crippen LogP contribution in [0.1, 0.15) is 59.3 Å². The highest BCUT2D eigenvalue weighted by atomic mass is 16.3. The SMILES string of the molecule is CC1(C)CCC[C@]2(C)CC(CO)(CO)CC[C@@H]12. The number of hydrogen-bond acceptors (Lipinski definition) is 2. The van der Waals surface area contributed by atoms with Gasteiger partial charge in [-0.05, 0) is 48.9 Å². The van der Waals surface area contributed by atoms with E-state index in [1.807, 2.05) is 0 Å². The van der Waals surface area contributed by atoms with Gasteiger partial charge in [0.05, 0.1) is 13.2 Å². The molecule has 0 radical (unpaired) electrons. The fourth-order valence-corrected chi connectivity index (χ4v) is 4.91. The van der Waals surface area contributed by atoms with Crippen molar-refractivity contribution < 1.29 is 10.2 Å². The van der Waals surface area contributed by atoms with Gasteiger partial charge in [0.2, 0.25) is 0 Å². The molecule has 2 aliphatic carbocycles. The fraction of sp³-hybridized carbons (Fsp3) is 1.00. The quantitative estimate of drug-likeness (QED) is 0.779. The van der Waals surface area contributed by atoms with Crippen LogP contribution in [0.3, 0.4) is 0 Å². The summed E-state index contributed by atoms with van der Waals surface area (Å²) in [6, 6.07) is 0. The topological polar surface area (TPSA) is 40.5 Å². The second-order valence-electron chi connectivity index (χ2n) is 7.58. The van der Waals surface area contributed by atoms with E-state index in [9.17, 15) is 10.2 Å². The third-order valence-electron chi connectivity index (χ3n) is 5.77. The summed E-state index contributed by atoms with van der Waals surface area (Å²) in [5, 5.41) is 19.2. The maximum atomic E-state index is 9.62. The van der Waals surface area contributed by atoms with Gasteiger partial charge in [-0.25, -0.2) is 0 Å². The molecular formula is C15H28O2. The second-order valence-corrected chi connectivity index (χ2v) is 7.58. The summed E-state index contributed by atoms with van der Waals surface area (Å²) in [6.07, 6.45) is 7.06. The first kappa shape index (κ1) is 13.4. The zero-order valence-electron chi connectivity index (χ0n) is 11.6. The Morgan fingerprint density at radius 1 is 1.00 bits per heavy atom. The minimum Gasteiger partial charge on any atom is -0.396 e. The lowest BCUT2D eigenvalue weighted by Gasteiger charge is -2.58. The van der Waals surface area contributed by atoms with E-state index >= 15 is 0 Å². The molecule has 2 nitrogen and oxygen atoms in total. The standard InChI is InChI=1S/C15H28O2/c1-13(2)6-4-7-14(3)9-15(10-16,11-17)8-5-12(13)14/h12,16-17H,4-11H2,1-3H3/t12-,14+/m0/s1. The Hall–Kier alpha value is -0.0800. The van der Waals surface area contributed by atoms with Crippen LogP contribution in [0.4, 0.5) is 0 Å². The molecule has 0 bridgehead atoms. The number of aliphatic hydroxyl groups excluding tert-OH is 2.